The van der Waals surface area contributed by atoms with Gasteiger partial charge in [-0.3, -0.25) is 0 Å². The minimum absolute atomic E-state index is 0.197. The van der Waals surface area contributed by atoms with E-state index in [1.54, 1.807) is 4.31 Å². The van der Waals surface area contributed by atoms with Crippen LogP contribution < -0.4 is 5.32 Å². The van der Waals surface area contributed by atoms with Gasteiger partial charge in [-0.15, -0.1) is 0 Å². The fourth-order valence-corrected chi connectivity index (χ4v) is 4.02. The standard InChI is InChI=1S/C13H23N3O2S/c1-19(17,18)16-7-5-12(6-8-16)15-13-4-2-3-11(9-13)10-14/h11-13,15H,2-9H2,1H3. The van der Waals surface area contributed by atoms with Crippen molar-refractivity contribution in [3.05, 3.63) is 0 Å². The summed E-state index contributed by atoms with van der Waals surface area (Å²) < 4.78 is 24.4. The Morgan fingerprint density at radius 1 is 1.16 bits per heavy atom. The Kier molecular flexibility index (Phi) is 4.82. The molecule has 2 fully saturated rings. The number of hydrogen-bond acceptors (Lipinski definition) is 4. The highest BCUT2D eigenvalue weighted by molar-refractivity contribution is 7.88. The molecule has 1 aliphatic carbocycles. The van der Waals surface area contributed by atoms with Gasteiger partial charge in [0.05, 0.1) is 12.3 Å². The van der Waals surface area contributed by atoms with E-state index < -0.39 is 10.0 Å². The average molecular weight is 285 g/mol. The number of nitriles is 1. The quantitative estimate of drug-likeness (QED) is 0.842. The van der Waals surface area contributed by atoms with E-state index in [9.17, 15) is 8.42 Å². The summed E-state index contributed by atoms with van der Waals surface area (Å²) in [5.41, 5.74) is 0. The molecular formula is C13H23N3O2S. The van der Waals surface area contributed by atoms with E-state index in [-0.39, 0.29) is 5.92 Å². The normalized spacial score (nSPS) is 30.9. The molecule has 6 heteroatoms. The zero-order valence-corrected chi connectivity index (χ0v) is 12.3. The molecule has 2 aliphatic rings. The summed E-state index contributed by atoms with van der Waals surface area (Å²) in [4.78, 5) is 0. The number of nitrogens with zero attached hydrogens (tertiary/aromatic N) is 2. The van der Waals surface area contributed by atoms with Crippen LogP contribution in [0.2, 0.25) is 0 Å². The lowest BCUT2D eigenvalue weighted by atomic mass is 9.86. The number of nitrogens with one attached hydrogen (secondary N) is 1. The molecule has 0 aromatic carbocycles. The minimum atomic E-state index is -3.03. The van der Waals surface area contributed by atoms with Gasteiger partial charge in [0.25, 0.3) is 0 Å². The number of rotatable bonds is 3. The van der Waals surface area contributed by atoms with Gasteiger partial charge in [-0.05, 0) is 32.1 Å². The Morgan fingerprint density at radius 3 is 2.42 bits per heavy atom. The molecule has 1 saturated carbocycles. The summed E-state index contributed by atoms with van der Waals surface area (Å²) in [6.45, 7) is 1.23. The number of piperidine rings is 1. The van der Waals surface area contributed by atoms with Crippen molar-refractivity contribution in [1.29, 1.82) is 5.26 Å². The fourth-order valence-electron chi connectivity index (χ4n) is 3.15. The predicted molar refractivity (Wildman–Crippen MR) is 73.9 cm³/mol. The highest BCUT2D eigenvalue weighted by Gasteiger charge is 2.28. The van der Waals surface area contributed by atoms with Crippen molar-refractivity contribution in [3.8, 4) is 6.07 Å². The van der Waals surface area contributed by atoms with Crippen molar-refractivity contribution in [2.75, 3.05) is 19.3 Å². The van der Waals surface area contributed by atoms with E-state index in [0.717, 1.165) is 38.5 Å². The Bertz CT molecular complexity index is 435. The maximum Gasteiger partial charge on any atom is 0.211 e. The van der Waals surface area contributed by atoms with Crippen LogP contribution in [0.25, 0.3) is 0 Å². The molecule has 1 saturated heterocycles. The second-order valence-electron chi connectivity index (χ2n) is 5.79. The van der Waals surface area contributed by atoms with E-state index in [1.165, 1.54) is 6.26 Å². The van der Waals surface area contributed by atoms with Crippen LogP contribution in [-0.4, -0.2) is 44.2 Å². The molecule has 0 amide bonds. The molecule has 1 aliphatic heterocycles. The molecule has 2 unspecified atom stereocenters. The van der Waals surface area contributed by atoms with Crippen molar-refractivity contribution in [1.82, 2.24) is 9.62 Å². The third-order valence-corrected chi connectivity index (χ3v) is 5.55. The van der Waals surface area contributed by atoms with Gasteiger partial charge < -0.3 is 5.32 Å². The van der Waals surface area contributed by atoms with Gasteiger partial charge >= 0.3 is 0 Å². The van der Waals surface area contributed by atoms with Gasteiger partial charge in [0.15, 0.2) is 0 Å². The molecule has 2 rings (SSSR count). The highest BCUT2D eigenvalue weighted by Crippen LogP contribution is 2.25. The molecule has 0 aromatic heterocycles. The largest absolute Gasteiger partial charge is 0.311 e. The van der Waals surface area contributed by atoms with Crippen LogP contribution in [-0.2, 0) is 10.0 Å². The van der Waals surface area contributed by atoms with Crippen LogP contribution >= 0.6 is 0 Å². The van der Waals surface area contributed by atoms with Gasteiger partial charge in [-0.1, -0.05) is 6.42 Å². The lowest BCUT2D eigenvalue weighted by Crippen LogP contribution is -2.48. The number of sulfonamides is 1. The van der Waals surface area contributed by atoms with Crippen LogP contribution in [0.5, 0.6) is 0 Å². The van der Waals surface area contributed by atoms with E-state index in [4.69, 9.17) is 5.26 Å². The SMILES string of the molecule is CS(=O)(=O)N1CCC(NC2CCCC(C#N)C2)CC1. The topological polar surface area (TPSA) is 73.2 Å². The Balaban J connectivity index is 1.78. The molecule has 1 heterocycles. The maximum atomic E-state index is 11.4. The molecule has 108 valence electrons. The lowest BCUT2D eigenvalue weighted by molar-refractivity contribution is 0.241. The third-order valence-electron chi connectivity index (χ3n) is 4.25. The van der Waals surface area contributed by atoms with E-state index in [1.807, 2.05) is 0 Å². The van der Waals surface area contributed by atoms with Crippen LogP contribution in [0.4, 0.5) is 0 Å². The lowest BCUT2D eigenvalue weighted by Gasteiger charge is -2.35. The first-order valence-corrected chi connectivity index (χ1v) is 8.94. The molecule has 19 heavy (non-hydrogen) atoms. The van der Waals surface area contributed by atoms with E-state index >= 15 is 0 Å². The summed E-state index contributed by atoms with van der Waals surface area (Å²) in [5.74, 6) is 0.197. The summed E-state index contributed by atoms with van der Waals surface area (Å²) >= 11 is 0. The van der Waals surface area contributed by atoms with Crippen molar-refractivity contribution >= 4 is 10.0 Å². The van der Waals surface area contributed by atoms with Crippen molar-refractivity contribution < 1.29 is 8.42 Å². The fraction of sp³-hybridized carbons (Fsp3) is 0.923. The van der Waals surface area contributed by atoms with Gasteiger partial charge in [-0.2, -0.15) is 5.26 Å². The van der Waals surface area contributed by atoms with Gasteiger partial charge in [0, 0.05) is 31.1 Å². The molecule has 0 radical (unpaired) electrons. The number of hydrogen-bond donors (Lipinski definition) is 1. The first-order chi connectivity index (χ1) is 8.99. The van der Waals surface area contributed by atoms with Crippen molar-refractivity contribution in [2.24, 2.45) is 5.92 Å². The van der Waals surface area contributed by atoms with E-state index in [0.29, 0.717) is 25.2 Å². The summed E-state index contributed by atoms with van der Waals surface area (Å²) in [5, 5.41) is 12.6. The molecule has 0 bridgehead atoms. The molecule has 1 N–H and O–H groups in total. The summed E-state index contributed by atoms with van der Waals surface area (Å²) in [6.07, 6.45) is 7.27. The minimum Gasteiger partial charge on any atom is -0.311 e. The van der Waals surface area contributed by atoms with Crippen molar-refractivity contribution in [3.63, 3.8) is 0 Å². The second kappa shape index (κ2) is 6.21. The van der Waals surface area contributed by atoms with Crippen molar-refractivity contribution in [2.45, 2.75) is 50.6 Å². The first kappa shape index (κ1) is 14.8. The zero-order valence-electron chi connectivity index (χ0n) is 11.5. The van der Waals surface area contributed by atoms with E-state index in [2.05, 4.69) is 11.4 Å². The first-order valence-electron chi connectivity index (χ1n) is 7.10. The van der Waals surface area contributed by atoms with Crippen LogP contribution in [0.3, 0.4) is 0 Å². The Hall–Kier alpha value is -0.640. The molecule has 0 aromatic rings. The molecule has 2 atom stereocenters. The smallest absolute Gasteiger partial charge is 0.211 e. The Labute approximate surface area is 116 Å². The molecule has 0 spiro atoms. The van der Waals surface area contributed by atoms with Gasteiger partial charge in [0.1, 0.15) is 0 Å². The molecule has 5 nitrogen and oxygen atoms in total. The second-order valence-corrected chi connectivity index (χ2v) is 7.77. The Morgan fingerprint density at radius 2 is 1.84 bits per heavy atom. The summed E-state index contributed by atoms with van der Waals surface area (Å²) in [7, 11) is -3.03. The van der Waals surface area contributed by atoms with Gasteiger partial charge in [-0.25, -0.2) is 12.7 Å². The van der Waals surface area contributed by atoms with Gasteiger partial charge in [0.2, 0.25) is 10.0 Å². The highest BCUT2D eigenvalue weighted by atomic mass is 32.2. The van der Waals surface area contributed by atoms with Crippen LogP contribution in [0.1, 0.15) is 38.5 Å². The van der Waals surface area contributed by atoms with Crippen LogP contribution in [0.15, 0.2) is 0 Å². The molecular weight excluding hydrogens is 262 g/mol. The summed E-state index contributed by atoms with van der Waals surface area (Å²) in [6, 6.07) is 3.21. The average Bonchev–Trinajstić information content (AvgIpc) is 2.38. The third kappa shape index (κ3) is 4.16. The maximum absolute atomic E-state index is 11.4. The zero-order chi connectivity index (χ0) is 13.9. The van der Waals surface area contributed by atoms with Crippen LogP contribution in [0, 0.1) is 17.2 Å². The predicted octanol–water partition coefficient (Wildman–Crippen LogP) is 1.08. The monoisotopic (exact) mass is 285 g/mol.